The van der Waals surface area contributed by atoms with Crippen molar-refractivity contribution in [1.29, 1.82) is 0 Å². The predicted octanol–water partition coefficient (Wildman–Crippen LogP) is 4.17. The second-order valence-electron chi connectivity index (χ2n) is 1.51. The molecule has 0 aromatic carbocycles. The number of methoxy groups -OCH3 is 1. The Labute approximate surface area is 78.1 Å². The van der Waals surface area contributed by atoms with Crippen LogP contribution in [0.15, 0.2) is 24.0 Å². The maximum atomic E-state index is 4.86. The fraction of sp³-hybridized carbons (Fsp3) is 0.636. The van der Waals surface area contributed by atoms with Crippen molar-refractivity contribution in [3.63, 3.8) is 0 Å². The lowest BCUT2D eigenvalue weighted by molar-refractivity contribution is 0.294. The minimum atomic E-state index is 0.933. The summed E-state index contributed by atoms with van der Waals surface area (Å²) in [5, 5.41) is 0. The molecule has 0 aromatic rings. The lowest BCUT2D eigenvalue weighted by Crippen LogP contribution is -1.74. The normalized spacial score (nSPS) is 9.42. The first-order valence-electron chi connectivity index (χ1n) is 4.65. The minimum Gasteiger partial charge on any atom is -0.501 e. The van der Waals surface area contributed by atoms with Gasteiger partial charge < -0.3 is 4.74 Å². The molecular weight excluding hydrogens is 148 g/mol. The molecule has 0 aliphatic carbocycles. The second kappa shape index (κ2) is 22.4. The molecule has 0 aromatic heterocycles. The molecule has 1 heteroatoms. The Morgan fingerprint density at radius 1 is 1.08 bits per heavy atom. The van der Waals surface area contributed by atoms with Crippen LogP contribution in [0.5, 0.6) is 0 Å². The highest BCUT2D eigenvalue weighted by atomic mass is 16.5. The van der Waals surface area contributed by atoms with Gasteiger partial charge in [0, 0.05) is 0 Å². The second-order valence-corrected chi connectivity index (χ2v) is 1.51. The molecule has 12 heavy (non-hydrogen) atoms. The number of rotatable bonds is 2. The molecule has 0 saturated heterocycles. The van der Waals surface area contributed by atoms with Gasteiger partial charge in [0.25, 0.3) is 0 Å². The summed E-state index contributed by atoms with van der Waals surface area (Å²) in [6, 6.07) is 0. The Balaban J connectivity index is -0.000000175. The predicted molar refractivity (Wildman–Crippen MR) is 58.3 cm³/mol. The van der Waals surface area contributed by atoms with Crippen LogP contribution in [0.3, 0.4) is 0 Å². The van der Waals surface area contributed by atoms with Crippen molar-refractivity contribution in [2.24, 2.45) is 0 Å². The van der Waals surface area contributed by atoms with Crippen LogP contribution in [0.1, 0.15) is 41.5 Å². The van der Waals surface area contributed by atoms with E-state index in [9.17, 15) is 0 Å². The molecule has 0 radical (unpaired) electrons. The molecular formula is C11H24O. The van der Waals surface area contributed by atoms with Gasteiger partial charge in [0.15, 0.2) is 0 Å². The average molecular weight is 172 g/mol. The third-order valence-electron chi connectivity index (χ3n) is 0.845. The smallest absolute Gasteiger partial charge is 0.0924 e. The first kappa shape index (κ1) is 17.4. The molecule has 0 amide bonds. The Bertz CT molecular complexity index is 102. The van der Waals surface area contributed by atoms with Crippen molar-refractivity contribution in [3.05, 3.63) is 24.0 Å². The van der Waals surface area contributed by atoms with E-state index in [0.29, 0.717) is 0 Å². The van der Waals surface area contributed by atoms with E-state index >= 15 is 0 Å². The van der Waals surface area contributed by atoms with Crippen LogP contribution in [-0.2, 0) is 4.74 Å². The molecule has 0 heterocycles. The SMILES string of the molecule is C/C=C\C=C(/C)OC.CC.CC. The summed E-state index contributed by atoms with van der Waals surface area (Å²) in [7, 11) is 1.66. The van der Waals surface area contributed by atoms with Crippen LogP contribution in [0.2, 0.25) is 0 Å². The standard InChI is InChI=1S/C7H12O.2C2H6/c1-4-5-6-7(2)8-3;2*1-2/h4-6H,1-3H3;2*1-2H3/b5-4-,7-6+;;. The highest BCUT2D eigenvalue weighted by Gasteiger charge is 1.75. The van der Waals surface area contributed by atoms with Crippen molar-refractivity contribution >= 4 is 0 Å². The zero-order valence-corrected chi connectivity index (χ0v) is 9.64. The van der Waals surface area contributed by atoms with E-state index in [1.807, 2.05) is 59.8 Å². The zero-order chi connectivity index (χ0) is 10.4. The van der Waals surface area contributed by atoms with Crippen molar-refractivity contribution < 1.29 is 4.74 Å². The Kier molecular flexibility index (Phi) is 32.5. The van der Waals surface area contributed by atoms with E-state index in [-0.39, 0.29) is 0 Å². The lowest BCUT2D eigenvalue weighted by atomic mass is 10.4. The number of hydrogen-bond acceptors (Lipinski definition) is 1. The highest BCUT2D eigenvalue weighted by molar-refractivity contribution is 5.04. The first-order valence-corrected chi connectivity index (χ1v) is 4.65. The maximum absolute atomic E-state index is 4.86. The molecule has 0 unspecified atom stereocenters. The topological polar surface area (TPSA) is 9.23 Å². The molecule has 0 saturated carbocycles. The van der Waals surface area contributed by atoms with E-state index in [1.54, 1.807) is 7.11 Å². The van der Waals surface area contributed by atoms with Crippen molar-refractivity contribution in [2.45, 2.75) is 41.5 Å². The summed E-state index contributed by atoms with van der Waals surface area (Å²) in [5.41, 5.74) is 0. The van der Waals surface area contributed by atoms with Crippen molar-refractivity contribution in [1.82, 2.24) is 0 Å². The van der Waals surface area contributed by atoms with Crippen LogP contribution in [0.4, 0.5) is 0 Å². The van der Waals surface area contributed by atoms with E-state index in [0.717, 1.165) is 5.76 Å². The summed E-state index contributed by atoms with van der Waals surface area (Å²) < 4.78 is 4.86. The molecule has 0 aliphatic rings. The fourth-order valence-corrected chi connectivity index (χ4v) is 0.300. The summed E-state index contributed by atoms with van der Waals surface area (Å²) in [4.78, 5) is 0. The molecule has 0 spiro atoms. The summed E-state index contributed by atoms with van der Waals surface area (Å²) >= 11 is 0. The van der Waals surface area contributed by atoms with Gasteiger partial charge in [-0.05, 0) is 19.9 Å². The summed E-state index contributed by atoms with van der Waals surface area (Å²) in [5.74, 6) is 0.933. The Hall–Kier alpha value is -0.720. The van der Waals surface area contributed by atoms with E-state index < -0.39 is 0 Å². The first-order chi connectivity index (χ1) is 5.81. The number of ether oxygens (including phenoxy) is 1. The molecule has 0 N–H and O–H groups in total. The van der Waals surface area contributed by atoms with Gasteiger partial charge in [-0.3, -0.25) is 0 Å². The van der Waals surface area contributed by atoms with Gasteiger partial charge in [0.2, 0.25) is 0 Å². The van der Waals surface area contributed by atoms with E-state index in [2.05, 4.69) is 0 Å². The molecule has 1 nitrogen and oxygen atoms in total. The Morgan fingerprint density at radius 2 is 1.50 bits per heavy atom. The quantitative estimate of drug-likeness (QED) is 0.449. The monoisotopic (exact) mass is 172 g/mol. The molecule has 0 bridgehead atoms. The van der Waals surface area contributed by atoms with Gasteiger partial charge in [0.1, 0.15) is 0 Å². The van der Waals surface area contributed by atoms with Gasteiger partial charge in [-0.1, -0.05) is 39.8 Å². The number of hydrogen-bond donors (Lipinski definition) is 0. The van der Waals surface area contributed by atoms with Gasteiger partial charge >= 0.3 is 0 Å². The third-order valence-corrected chi connectivity index (χ3v) is 0.845. The molecule has 74 valence electrons. The van der Waals surface area contributed by atoms with Crippen LogP contribution in [0, 0.1) is 0 Å². The number of allylic oxidation sites excluding steroid dienone is 4. The van der Waals surface area contributed by atoms with Crippen LogP contribution >= 0.6 is 0 Å². The average Bonchev–Trinajstić information content (AvgIpc) is 2.20. The van der Waals surface area contributed by atoms with E-state index in [4.69, 9.17) is 4.74 Å². The van der Waals surface area contributed by atoms with Crippen LogP contribution in [-0.4, -0.2) is 7.11 Å². The molecule has 0 rings (SSSR count). The van der Waals surface area contributed by atoms with Gasteiger partial charge in [-0.2, -0.15) is 0 Å². The fourth-order valence-electron chi connectivity index (χ4n) is 0.300. The van der Waals surface area contributed by atoms with Crippen molar-refractivity contribution in [3.8, 4) is 0 Å². The maximum Gasteiger partial charge on any atom is 0.0924 e. The largest absolute Gasteiger partial charge is 0.501 e. The lowest BCUT2D eigenvalue weighted by Gasteiger charge is -1.92. The van der Waals surface area contributed by atoms with Gasteiger partial charge in [-0.15, -0.1) is 0 Å². The summed E-state index contributed by atoms with van der Waals surface area (Å²) in [6.07, 6.45) is 5.82. The van der Waals surface area contributed by atoms with E-state index in [1.165, 1.54) is 0 Å². The zero-order valence-electron chi connectivity index (χ0n) is 9.64. The van der Waals surface area contributed by atoms with Gasteiger partial charge in [-0.25, -0.2) is 0 Å². The van der Waals surface area contributed by atoms with Crippen LogP contribution < -0.4 is 0 Å². The van der Waals surface area contributed by atoms with Crippen molar-refractivity contribution in [2.75, 3.05) is 7.11 Å². The molecule has 0 fully saturated rings. The Morgan fingerprint density at radius 3 is 1.75 bits per heavy atom. The third kappa shape index (κ3) is 22.8. The molecule has 0 aliphatic heterocycles. The highest BCUT2D eigenvalue weighted by Crippen LogP contribution is 1.90. The van der Waals surface area contributed by atoms with Gasteiger partial charge in [0.05, 0.1) is 12.9 Å². The minimum absolute atomic E-state index is 0.933. The summed E-state index contributed by atoms with van der Waals surface area (Å²) in [6.45, 7) is 11.9. The molecule has 0 atom stereocenters. The van der Waals surface area contributed by atoms with Crippen LogP contribution in [0.25, 0.3) is 0 Å².